The average Bonchev–Trinajstić information content (AvgIpc) is 3.04. The van der Waals surface area contributed by atoms with Gasteiger partial charge in [-0.1, -0.05) is 0 Å². The highest BCUT2D eigenvalue weighted by atomic mass is 16.6. The van der Waals surface area contributed by atoms with E-state index in [4.69, 9.17) is 14.2 Å². The molecule has 0 aromatic heterocycles. The molecular formula is C15H23NO6. The maximum absolute atomic E-state index is 12.3. The third-order valence-electron chi connectivity index (χ3n) is 4.36. The third-order valence-corrected chi connectivity index (χ3v) is 4.36. The van der Waals surface area contributed by atoms with Gasteiger partial charge >= 0.3 is 18.0 Å². The van der Waals surface area contributed by atoms with Crippen molar-refractivity contribution in [1.82, 2.24) is 5.32 Å². The SMILES string of the molecule is COC(=O)[C@H]1[C@@H]2CC[C@@](NC(=O)OC(C)(C)C)(C(=O)OC)[C@@H]21. The summed E-state index contributed by atoms with van der Waals surface area (Å²) in [5, 5.41) is 2.66. The fourth-order valence-corrected chi connectivity index (χ4v) is 3.53. The number of fused-ring (bicyclic) bond motifs is 1. The molecule has 0 saturated heterocycles. The zero-order valence-electron chi connectivity index (χ0n) is 13.6. The third kappa shape index (κ3) is 2.76. The molecule has 0 aromatic rings. The molecule has 0 heterocycles. The summed E-state index contributed by atoms with van der Waals surface area (Å²) in [5.74, 6) is -1.51. The second-order valence-corrected chi connectivity index (χ2v) is 6.87. The molecule has 22 heavy (non-hydrogen) atoms. The van der Waals surface area contributed by atoms with Gasteiger partial charge in [-0.15, -0.1) is 0 Å². The van der Waals surface area contributed by atoms with E-state index in [-0.39, 0.29) is 23.7 Å². The van der Waals surface area contributed by atoms with E-state index < -0.39 is 23.2 Å². The van der Waals surface area contributed by atoms with Crippen LogP contribution in [-0.2, 0) is 23.8 Å². The zero-order chi connectivity index (χ0) is 16.7. The monoisotopic (exact) mass is 313 g/mol. The fraction of sp³-hybridized carbons (Fsp3) is 0.800. The first kappa shape index (κ1) is 16.6. The lowest BCUT2D eigenvalue weighted by molar-refractivity contribution is -0.150. The summed E-state index contributed by atoms with van der Waals surface area (Å²) < 4.78 is 14.9. The van der Waals surface area contributed by atoms with E-state index in [1.807, 2.05) is 0 Å². The molecule has 7 nitrogen and oxygen atoms in total. The van der Waals surface area contributed by atoms with E-state index in [1.54, 1.807) is 20.8 Å². The van der Waals surface area contributed by atoms with Crippen LogP contribution in [0, 0.1) is 17.8 Å². The van der Waals surface area contributed by atoms with Crippen molar-refractivity contribution in [3.05, 3.63) is 0 Å². The predicted molar refractivity (Wildman–Crippen MR) is 75.8 cm³/mol. The van der Waals surface area contributed by atoms with Gasteiger partial charge < -0.3 is 19.5 Å². The molecule has 124 valence electrons. The number of amides is 1. The molecule has 2 aliphatic carbocycles. The van der Waals surface area contributed by atoms with Gasteiger partial charge in [-0.2, -0.15) is 0 Å². The Bertz CT molecular complexity index is 497. The van der Waals surface area contributed by atoms with Gasteiger partial charge in [0, 0.05) is 5.92 Å². The van der Waals surface area contributed by atoms with Gasteiger partial charge in [0.15, 0.2) is 0 Å². The molecule has 0 bridgehead atoms. The average molecular weight is 313 g/mol. The summed E-state index contributed by atoms with van der Waals surface area (Å²) in [5.41, 5.74) is -1.88. The van der Waals surface area contributed by atoms with Crippen LogP contribution in [0.4, 0.5) is 4.79 Å². The Balaban J connectivity index is 2.19. The van der Waals surface area contributed by atoms with Crippen LogP contribution < -0.4 is 5.32 Å². The van der Waals surface area contributed by atoms with Crippen molar-refractivity contribution in [1.29, 1.82) is 0 Å². The van der Waals surface area contributed by atoms with E-state index >= 15 is 0 Å². The van der Waals surface area contributed by atoms with E-state index in [9.17, 15) is 14.4 Å². The van der Waals surface area contributed by atoms with Crippen molar-refractivity contribution in [2.45, 2.75) is 44.8 Å². The van der Waals surface area contributed by atoms with Gasteiger partial charge in [0.25, 0.3) is 0 Å². The van der Waals surface area contributed by atoms with E-state index in [0.717, 1.165) is 0 Å². The van der Waals surface area contributed by atoms with E-state index in [1.165, 1.54) is 14.2 Å². The number of hydrogen-bond donors (Lipinski definition) is 1. The molecule has 0 spiro atoms. The standard InChI is InChI=1S/C15H23NO6/c1-14(2,3)22-13(19)16-15(12(18)21-5)7-6-8-9(10(8)15)11(17)20-4/h8-10H,6-7H2,1-5H3,(H,16,19)/t8-,9-,10-,15-/m0/s1. The van der Waals surface area contributed by atoms with Crippen LogP contribution in [0.15, 0.2) is 0 Å². The molecule has 0 aliphatic heterocycles. The number of nitrogens with one attached hydrogen (secondary N) is 1. The largest absolute Gasteiger partial charge is 0.469 e. The van der Waals surface area contributed by atoms with Crippen LogP contribution >= 0.6 is 0 Å². The molecule has 1 N–H and O–H groups in total. The fourth-order valence-electron chi connectivity index (χ4n) is 3.53. The lowest BCUT2D eigenvalue weighted by atomic mass is 9.90. The van der Waals surface area contributed by atoms with Crippen LogP contribution in [0.3, 0.4) is 0 Å². The minimum atomic E-state index is -1.21. The molecule has 0 unspecified atom stereocenters. The van der Waals surface area contributed by atoms with Crippen LogP contribution in [0.25, 0.3) is 0 Å². The van der Waals surface area contributed by atoms with Crippen LogP contribution in [-0.4, -0.2) is 43.4 Å². The number of esters is 2. The summed E-state index contributed by atoms with van der Waals surface area (Å²) in [6.07, 6.45) is 0.408. The molecule has 4 atom stereocenters. The van der Waals surface area contributed by atoms with Crippen LogP contribution in [0.2, 0.25) is 0 Å². The van der Waals surface area contributed by atoms with Crippen molar-refractivity contribution >= 4 is 18.0 Å². The second kappa shape index (κ2) is 5.44. The molecule has 2 aliphatic rings. The number of carbonyl (C=O) groups is 3. The number of ether oxygens (including phenoxy) is 3. The van der Waals surface area contributed by atoms with Gasteiger partial charge in [0.2, 0.25) is 0 Å². The smallest absolute Gasteiger partial charge is 0.408 e. The first-order chi connectivity index (χ1) is 10.2. The van der Waals surface area contributed by atoms with Crippen molar-refractivity contribution in [3.8, 4) is 0 Å². The Morgan fingerprint density at radius 1 is 1.14 bits per heavy atom. The Morgan fingerprint density at radius 3 is 2.27 bits per heavy atom. The minimum Gasteiger partial charge on any atom is -0.469 e. The Labute approximate surface area is 129 Å². The number of carbonyl (C=O) groups excluding carboxylic acids is 3. The summed E-state index contributed by atoms with van der Waals surface area (Å²) in [4.78, 5) is 36.2. The molecular weight excluding hydrogens is 290 g/mol. The molecule has 0 radical (unpaired) electrons. The van der Waals surface area contributed by atoms with E-state index in [2.05, 4.69) is 5.32 Å². The maximum Gasteiger partial charge on any atom is 0.408 e. The predicted octanol–water partition coefficient (Wildman–Crippen LogP) is 1.25. The van der Waals surface area contributed by atoms with Gasteiger partial charge in [0.05, 0.1) is 20.1 Å². The quantitative estimate of drug-likeness (QED) is 0.623. The van der Waals surface area contributed by atoms with Crippen LogP contribution in [0.5, 0.6) is 0 Å². The highest BCUT2D eigenvalue weighted by molar-refractivity contribution is 5.90. The Morgan fingerprint density at radius 2 is 1.77 bits per heavy atom. The number of methoxy groups -OCH3 is 2. The molecule has 2 rings (SSSR count). The van der Waals surface area contributed by atoms with Gasteiger partial charge in [0.1, 0.15) is 11.1 Å². The van der Waals surface area contributed by atoms with Crippen molar-refractivity contribution in [3.63, 3.8) is 0 Å². The molecule has 2 fully saturated rings. The Kier molecular flexibility index (Phi) is 4.10. The van der Waals surface area contributed by atoms with Gasteiger partial charge in [-0.25, -0.2) is 9.59 Å². The Hall–Kier alpha value is -1.79. The first-order valence-corrected chi connectivity index (χ1v) is 7.33. The van der Waals surface area contributed by atoms with Crippen molar-refractivity contribution in [2.75, 3.05) is 14.2 Å². The molecule has 7 heteroatoms. The first-order valence-electron chi connectivity index (χ1n) is 7.33. The van der Waals surface area contributed by atoms with Crippen molar-refractivity contribution < 1.29 is 28.6 Å². The number of alkyl carbamates (subject to hydrolysis) is 1. The lowest BCUT2D eigenvalue weighted by Crippen LogP contribution is -2.57. The van der Waals surface area contributed by atoms with E-state index in [0.29, 0.717) is 12.8 Å². The summed E-state index contributed by atoms with van der Waals surface area (Å²) in [6, 6.07) is 0. The zero-order valence-corrected chi connectivity index (χ0v) is 13.6. The van der Waals surface area contributed by atoms with Gasteiger partial charge in [-0.05, 0) is 39.5 Å². The second-order valence-electron chi connectivity index (χ2n) is 6.87. The molecule has 2 saturated carbocycles. The van der Waals surface area contributed by atoms with Gasteiger partial charge in [-0.3, -0.25) is 4.79 Å². The highest BCUT2D eigenvalue weighted by Crippen LogP contribution is 2.63. The molecule has 1 amide bonds. The number of hydrogen-bond acceptors (Lipinski definition) is 6. The summed E-state index contributed by atoms with van der Waals surface area (Å²) in [6.45, 7) is 5.22. The van der Waals surface area contributed by atoms with Crippen LogP contribution in [0.1, 0.15) is 33.6 Å². The summed E-state index contributed by atoms with van der Waals surface area (Å²) in [7, 11) is 2.58. The summed E-state index contributed by atoms with van der Waals surface area (Å²) >= 11 is 0. The van der Waals surface area contributed by atoms with Crippen molar-refractivity contribution in [2.24, 2.45) is 17.8 Å². The maximum atomic E-state index is 12.3. The highest BCUT2D eigenvalue weighted by Gasteiger charge is 2.72. The normalized spacial score (nSPS) is 32.7. The number of rotatable bonds is 3. The lowest BCUT2D eigenvalue weighted by Gasteiger charge is -2.31. The molecule has 0 aromatic carbocycles. The minimum absolute atomic E-state index is 0.0430. The topological polar surface area (TPSA) is 90.9 Å².